The molecule has 1 rings (SSSR count). The molecule has 0 aliphatic rings. The molecule has 3 nitrogen and oxygen atoms in total. The van der Waals surface area contributed by atoms with E-state index in [0.29, 0.717) is 6.54 Å². The lowest BCUT2D eigenvalue weighted by Crippen LogP contribution is -2.28. The van der Waals surface area contributed by atoms with Crippen molar-refractivity contribution in [2.24, 2.45) is 0 Å². The summed E-state index contributed by atoms with van der Waals surface area (Å²) in [6.07, 6.45) is 6.02. The third kappa shape index (κ3) is 4.16. The van der Waals surface area contributed by atoms with E-state index in [1.807, 2.05) is 24.3 Å². The summed E-state index contributed by atoms with van der Waals surface area (Å²) in [5.41, 5.74) is 2.03. The van der Waals surface area contributed by atoms with Crippen LogP contribution in [0.3, 0.4) is 0 Å². The first-order valence-electron chi connectivity index (χ1n) is 5.29. The van der Waals surface area contributed by atoms with Gasteiger partial charge in [0.15, 0.2) is 0 Å². The molecule has 0 aliphatic heterocycles. The fraction of sp³-hybridized carbons (Fsp3) is 0.308. The van der Waals surface area contributed by atoms with Gasteiger partial charge in [0.05, 0.1) is 13.1 Å². The Morgan fingerprint density at radius 2 is 2.31 bits per heavy atom. The van der Waals surface area contributed by atoms with E-state index in [-0.39, 0.29) is 12.5 Å². The largest absolute Gasteiger partial charge is 0.325 e. The van der Waals surface area contributed by atoms with E-state index < -0.39 is 0 Å². The maximum absolute atomic E-state index is 11.4. The standard InChI is InChI=1S/C13H16N2O/c1-3-8-14-10-13(16)15-12-7-5-6-11(4-2)9-12/h1,5-7,9,14H,4,8,10H2,2H3,(H,15,16). The second kappa shape index (κ2) is 6.65. The third-order valence-corrected chi connectivity index (χ3v) is 2.13. The van der Waals surface area contributed by atoms with Crippen LogP contribution in [0.5, 0.6) is 0 Å². The fourth-order valence-corrected chi connectivity index (χ4v) is 1.32. The molecule has 0 fully saturated rings. The number of carbonyl (C=O) groups is 1. The number of terminal acetylenes is 1. The second-order valence-electron chi connectivity index (χ2n) is 3.41. The SMILES string of the molecule is C#CCNCC(=O)Nc1cccc(CC)c1. The van der Waals surface area contributed by atoms with Crippen LogP contribution in [0, 0.1) is 12.3 Å². The molecule has 0 aliphatic carbocycles. The molecule has 84 valence electrons. The van der Waals surface area contributed by atoms with E-state index in [1.54, 1.807) is 0 Å². The summed E-state index contributed by atoms with van der Waals surface area (Å²) in [5, 5.41) is 5.64. The highest BCUT2D eigenvalue weighted by molar-refractivity contribution is 5.92. The van der Waals surface area contributed by atoms with E-state index in [2.05, 4.69) is 23.5 Å². The van der Waals surface area contributed by atoms with Gasteiger partial charge in [-0.25, -0.2) is 0 Å². The van der Waals surface area contributed by atoms with Gasteiger partial charge in [-0.2, -0.15) is 0 Å². The van der Waals surface area contributed by atoms with Crippen LogP contribution in [0.4, 0.5) is 5.69 Å². The Morgan fingerprint density at radius 3 is 3.00 bits per heavy atom. The molecule has 0 bridgehead atoms. The van der Waals surface area contributed by atoms with Gasteiger partial charge in [0.2, 0.25) is 5.91 Å². The molecule has 2 N–H and O–H groups in total. The molecule has 0 radical (unpaired) electrons. The van der Waals surface area contributed by atoms with E-state index in [0.717, 1.165) is 12.1 Å². The summed E-state index contributed by atoms with van der Waals surface area (Å²) in [4.78, 5) is 11.4. The number of nitrogens with one attached hydrogen (secondary N) is 2. The van der Waals surface area contributed by atoms with Crippen LogP contribution in [0.15, 0.2) is 24.3 Å². The molecule has 0 atom stereocenters. The lowest BCUT2D eigenvalue weighted by molar-refractivity contribution is -0.115. The van der Waals surface area contributed by atoms with Gasteiger partial charge < -0.3 is 5.32 Å². The maximum atomic E-state index is 11.4. The monoisotopic (exact) mass is 216 g/mol. The predicted octanol–water partition coefficient (Wildman–Crippen LogP) is 1.41. The molecular formula is C13H16N2O. The van der Waals surface area contributed by atoms with Gasteiger partial charge in [0.1, 0.15) is 0 Å². The minimum absolute atomic E-state index is 0.0801. The van der Waals surface area contributed by atoms with Crippen LogP contribution < -0.4 is 10.6 Å². The van der Waals surface area contributed by atoms with Crippen molar-refractivity contribution < 1.29 is 4.79 Å². The summed E-state index contributed by atoms with van der Waals surface area (Å²) >= 11 is 0. The Balaban J connectivity index is 2.46. The average Bonchev–Trinajstić information content (AvgIpc) is 2.29. The Morgan fingerprint density at radius 1 is 1.50 bits per heavy atom. The minimum Gasteiger partial charge on any atom is -0.325 e. The smallest absolute Gasteiger partial charge is 0.238 e. The Kier molecular flexibility index (Phi) is 5.10. The van der Waals surface area contributed by atoms with Crippen LogP contribution in [-0.2, 0) is 11.2 Å². The summed E-state index contributed by atoms with van der Waals surface area (Å²) in [6, 6.07) is 7.81. The summed E-state index contributed by atoms with van der Waals surface area (Å²) in [6.45, 7) is 2.72. The molecule has 0 saturated carbocycles. The highest BCUT2D eigenvalue weighted by Crippen LogP contribution is 2.10. The third-order valence-electron chi connectivity index (χ3n) is 2.13. The number of hydrogen-bond donors (Lipinski definition) is 2. The molecule has 0 aromatic heterocycles. The molecule has 0 heterocycles. The summed E-state index contributed by atoms with van der Waals surface area (Å²) in [7, 11) is 0. The molecule has 16 heavy (non-hydrogen) atoms. The van der Waals surface area contributed by atoms with Gasteiger partial charge in [-0.1, -0.05) is 25.0 Å². The first-order valence-corrected chi connectivity index (χ1v) is 5.29. The van der Waals surface area contributed by atoms with Crippen molar-refractivity contribution in [1.29, 1.82) is 0 Å². The van der Waals surface area contributed by atoms with Gasteiger partial charge in [0, 0.05) is 5.69 Å². The van der Waals surface area contributed by atoms with Crippen LogP contribution in [-0.4, -0.2) is 19.0 Å². The van der Waals surface area contributed by atoms with Crippen LogP contribution in [0.2, 0.25) is 0 Å². The zero-order valence-corrected chi connectivity index (χ0v) is 9.42. The maximum Gasteiger partial charge on any atom is 0.238 e. The predicted molar refractivity (Wildman–Crippen MR) is 66.2 cm³/mol. The van der Waals surface area contributed by atoms with Crippen molar-refractivity contribution in [2.45, 2.75) is 13.3 Å². The van der Waals surface area contributed by atoms with E-state index in [9.17, 15) is 4.79 Å². The normalized spacial score (nSPS) is 9.50. The number of aryl methyl sites for hydroxylation is 1. The van der Waals surface area contributed by atoms with Crippen molar-refractivity contribution in [3.8, 4) is 12.3 Å². The van der Waals surface area contributed by atoms with Gasteiger partial charge >= 0.3 is 0 Å². The second-order valence-corrected chi connectivity index (χ2v) is 3.41. The Bertz CT molecular complexity index is 393. The van der Waals surface area contributed by atoms with Crippen molar-refractivity contribution >= 4 is 11.6 Å². The van der Waals surface area contributed by atoms with Gasteiger partial charge in [-0.05, 0) is 24.1 Å². The van der Waals surface area contributed by atoms with E-state index in [4.69, 9.17) is 6.42 Å². The molecule has 1 aromatic rings. The van der Waals surface area contributed by atoms with Crippen molar-refractivity contribution in [2.75, 3.05) is 18.4 Å². The van der Waals surface area contributed by atoms with Crippen molar-refractivity contribution in [3.63, 3.8) is 0 Å². The first kappa shape index (κ1) is 12.3. The molecule has 1 aromatic carbocycles. The number of hydrogen-bond acceptors (Lipinski definition) is 2. The molecule has 0 saturated heterocycles. The van der Waals surface area contributed by atoms with Crippen molar-refractivity contribution in [1.82, 2.24) is 5.32 Å². The molecule has 0 unspecified atom stereocenters. The molecule has 3 heteroatoms. The summed E-state index contributed by atoms with van der Waals surface area (Å²) in [5.74, 6) is 2.33. The number of rotatable bonds is 5. The molecule has 1 amide bonds. The number of anilines is 1. The van der Waals surface area contributed by atoms with Crippen LogP contribution in [0.1, 0.15) is 12.5 Å². The first-order chi connectivity index (χ1) is 7.76. The quantitative estimate of drug-likeness (QED) is 0.577. The minimum atomic E-state index is -0.0801. The summed E-state index contributed by atoms with van der Waals surface area (Å²) < 4.78 is 0. The Labute approximate surface area is 96.2 Å². The highest BCUT2D eigenvalue weighted by atomic mass is 16.1. The highest BCUT2D eigenvalue weighted by Gasteiger charge is 2.01. The van der Waals surface area contributed by atoms with Gasteiger partial charge in [0.25, 0.3) is 0 Å². The zero-order valence-electron chi connectivity index (χ0n) is 9.42. The fourth-order valence-electron chi connectivity index (χ4n) is 1.32. The number of benzene rings is 1. The van der Waals surface area contributed by atoms with Crippen LogP contribution >= 0.6 is 0 Å². The number of amides is 1. The lowest BCUT2D eigenvalue weighted by atomic mass is 10.1. The Hall–Kier alpha value is -1.79. The van der Waals surface area contributed by atoms with Crippen molar-refractivity contribution in [3.05, 3.63) is 29.8 Å². The average molecular weight is 216 g/mol. The van der Waals surface area contributed by atoms with Gasteiger partial charge in [-0.3, -0.25) is 10.1 Å². The van der Waals surface area contributed by atoms with Crippen LogP contribution in [0.25, 0.3) is 0 Å². The van der Waals surface area contributed by atoms with E-state index >= 15 is 0 Å². The number of carbonyl (C=O) groups excluding carboxylic acids is 1. The molecule has 0 spiro atoms. The molecular weight excluding hydrogens is 200 g/mol. The zero-order chi connectivity index (χ0) is 11.8. The lowest BCUT2D eigenvalue weighted by Gasteiger charge is -2.06. The topological polar surface area (TPSA) is 41.1 Å². The van der Waals surface area contributed by atoms with E-state index in [1.165, 1.54) is 5.56 Å². The van der Waals surface area contributed by atoms with Gasteiger partial charge in [-0.15, -0.1) is 6.42 Å².